The smallest absolute Gasteiger partial charge is 0.410 e. The molecule has 0 aromatic rings. The standard InChI is InChI=1S/C20H40N4O3.HI/c1-7-12-23(19(25)27-20(4,5)6)14-11-22-18(21-8-2)24-13-10-17(15-24)16-26-9-3;/h17H,7-16H2,1-6H3,(H,21,22);1H. The van der Waals surface area contributed by atoms with E-state index < -0.39 is 5.60 Å². The lowest BCUT2D eigenvalue weighted by Crippen LogP contribution is -2.42. The fourth-order valence-corrected chi connectivity index (χ4v) is 3.04. The van der Waals surface area contributed by atoms with E-state index >= 15 is 0 Å². The molecule has 1 fully saturated rings. The Morgan fingerprint density at radius 1 is 1.25 bits per heavy atom. The Bertz CT molecular complexity index is 469. The molecule has 1 N–H and O–H groups in total. The summed E-state index contributed by atoms with van der Waals surface area (Å²) in [6.45, 7) is 18.0. The summed E-state index contributed by atoms with van der Waals surface area (Å²) in [6.07, 6.45) is 1.76. The molecule has 8 heteroatoms. The summed E-state index contributed by atoms with van der Waals surface area (Å²) in [6, 6.07) is 0. The molecule has 1 rings (SSSR count). The lowest BCUT2D eigenvalue weighted by atomic mass is 10.1. The van der Waals surface area contributed by atoms with Gasteiger partial charge < -0.3 is 24.6 Å². The first kappa shape index (κ1) is 27.2. The number of carbonyl (C=O) groups excluding carboxylic acids is 1. The summed E-state index contributed by atoms with van der Waals surface area (Å²) in [4.78, 5) is 21.2. The van der Waals surface area contributed by atoms with Crippen molar-refractivity contribution in [3.8, 4) is 0 Å². The van der Waals surface area contributed by atoms with Gasteiger partial charge in [-0.15, -0.1) is 24.0 Å². The number of carbonyl (C=O) groups is 1. The molecule has 1 atom stereocenters. The molecule has 1 heterocycles. The molecule has 166 valence electrons. The van der Waals surface area contributed by atoms with Crippen molar-refractivity contribution in [1.29, 1.82) is 0 Å². The van der Waals surface area contributed by atoms with E-state index in [1.165, 1.54) is 0 Å². The van der Waals surface area contributed by atoms with E-state index in [-0.39, 0.29) is 30.1 Å². The summed E-state index contributed by atoms with van der Waals surface area (Å²) in [7, 11) is 0. The van der Waals surface area contributed by atoms with Crippen molar-refractivity contribution in [3.05, 3.63) is 0 Å². The SMILES string of the molecule is CCCN(CCN=C(NCC)N1CCC(COCC)C1)C(=O)OC(C)(C)C.I. The molecule has 0 radical (unpaired) electrons. The van der Waals surface area contributed by atoms with Gasteiger partial charge in [-0.05, 0) is 47.5 Å². The quantitative estimate of drug-likeness (QED) is 0.291. The minimum atomic E-state index is -0.480. The number of nitrogens with one attached hydrogen (secondary N) is 1. The van der Waals surface area contributed by atoms with Crippen LogP contribution >= 0.6 is 24.0 Å². The normalized spacial score (nSPS) is 17.3. The first-order chi connectivity index (χ1) is 12.8. The Hall–Kier alpha value is -0.770. The largest absolute Gasteiger partial charge is 0.444 e. The van der Waals surface area contributed by atoms with Crippen molar-refractivity contribution in [3.63, 3.8) is 0 Å². The van der Waals surface area contributed by atoms with Crippen LogP contribution in [-0.2, 0) is 9.47 Å². The van der Waals surface area contributed by atoms with Crippen LogP contribution < -0.4 is 5.32 Å². The molecular formula is C20H41IN4O3. The Labute approximate surface area is 188 Å². The fraction of sp³-hybridized carbons (Fsp3) is 0.900. The number of likely N-dealkylation sites (tertiary alicyclic amines) is 1. The van der Waals surface area contributed by atoms with Crippen molar-refractivity contribution in [1.82, 2.24) is 15.1 Å². The van der Waals surface area contributed by atoms with Crippen molar-refractivity contribution < 1.29 is 14.3 Å². The van der Waals surface area contributed by atoms with Gasteiger partial charge in [-0.1, -0.05) is 6.92 Å². The van der Waals surface area contributed by atoms with E-state index in [0.29, 0.717) is 25.6 Å². The number of aliphatic imine (C=N–C) groups is 1. The van der Waals surface area contributed by atoms with E-state index in [0.717, 1.165) is 51.6 Å². The van der Waals surface area contributed by atoms with E-state index in [9.17, 15) is 4.79 Å². The topological polar surface area (TPSA) is 66.4 Å². The second-order valence-electron chi connectivity index (χ2n) is 7.96. The summed E-state index contributed by atoms with van der Waals surface area (Å²) < 4.78 is 11.1. The average molecular weight is 512 g/mol. The third-order valence-corrected chi connectivity index (χ3v) is 4.25. The van der Waals surface area contributed by atoms with Gasteiger partial charge in [0.25, 0.3) is 0 Å². The number of nitrogens with zero attached hydrogens (tertiary/aromatic N) is 3. The summed E-state index contributed by atoms with van der Waals surface area (Å²) in [5.41, 5.74) is -0.480. The van der Waals surface area contributed by atoms with Crippen LogP contribution in [-0.4, -0.2) is 79.9 Å². The van der Waals surface area contributed by atoms with Crippen LogP contribution in [0.5, 0.6) is 0 Å². The predicted molar refractivity (Wildman–Crippen MR) is 126 cm³/mol. The molecular weight excluding hydrogens is 471 g/mol. The van der Waals surface area contributed by atoms with Gasteiger partial charge in [0.1, 0.15) is 5.60 Å². The Morgan fingerprint density at radius 2 is 1.96 bits per heavy atom. The molecule has 0 aromatic heterocycles. The molecule has 0 saturated carbocycles. The van der Waals surface area contributed by atoms with E-state index in [1.54, 1.807) is 4.90 Å². The zero-order valence-corrected chi connectivity index (χ0v) is 21.0. The van der Waals surface area contributed by atoms with Crippen molar-refractivity contribution in [2.45, 2.75) is 60.0 Å². The van der Waals surface area contributed by atoms with E-state index in [2.05, 4.69) is 24.1 Å². The zero-order chi connectivity index (χ0) is 20.3. The van der Waals surface area contributed by atoms with Crippen LogP contribution in [0.25, 0.3) is 0 Å². The Balaban J connectivity index is 0.00000729. The summed E-state index contributed by atoms with van der Waals surface area (Å²) in [5, 5.41) is 3.37. The number of ether oxygens (including phenoxy) is 2. The van der Waals surface area contributed by atoms with Crippen molar-refractivity contribution in [2.24, 2.45) is 10.9 Å². The predicted octanol–water partition coefficient (Wildman–Crippen LogP) is 3.58. The second-order valence-corrected chi connectivity index (χ2v) is 7.96. The van der Waals surface area contributed by atoms with Gasteiger partial charge in [-0.25, -0.2) is 4.79 Å². The number of hydrogen-bond acceptors (Lipinski definition) is 4. The number of hydrogen-bond donors (Lipinski definition) is 1. The molecule has 0 bridgehead atoms. The minimum Gasteiger partial charge on any atom is -0.444 e. The Morgan fingerprint density at radius 3 is 2.54 bits per heavy atom. The lowest BCUT2D eigenvalue weighted by molar-refractivity contribution is 0.0255. The van der Waals surface area contributed by atoms with Crippen LogP contribution in [0.4, 0.5) is 4.79 Å². The second kappa shape index (κ2) is 14.3. The van der Waals surface area contributed by atoms with Crippen LogP contribution in [0.2, 0.25) is 0 Å². The van der Waals surface area contributed by atoms with Gasteiger partial charge in [0.15, 0.2) is 5.96 Å². The van der Waals surface area contributed by atoms with Crippen LogP contribution in [0.3, 0.4) is 0 Å². The summed E-state index contributed by atoms with van der Waals surface area (Å²) in [5.74, 6) is 1.49. The van der Waals surface area contributed by atoms with Gasteiger partial charge in [0.05, 0.1) is 13.2 Å². The average Bonchev–Trinajstić information content (AvgIpc) is 3.05. The molecule has 1 saturated heterocycles. The van der Waals surface area contributed by atoms with Crippen LogP contribution in [0.15, 0.2) is 4.99 Å². The highest BCUT2D eigenvalue weighted by atomic mass is 127. The maximum atomic E-state index is 12.4. The Kier molecular flexibility index (Phi) is 13.9. The minimum absolute atomic E-state index is 0. The molecule has 1 aliphatic heterocycles. The van der Waals surface area contributed by atoms with Gasteiger partial charge in [0, 0.05) is 45.2 Å². The molecule has 1 aliphatic rings. The maximum absolute atomic E-state index is 12.4. The third-order valence-electron chi connectivity index (χ3n) is 4.25. The lowest BCUT2D eigenvalue weighted by Gasteiger charge is -2.27. The maximum Gasteiger partial charge on any atom is 0.410 e. The fourth-order valence-electron chi connectivity index (χ4n) is 3.04. The molecule has 1 amide bonds. The highest BCUT2D eigenvalue weighted by molar-refractivity contribution is 14.0. The highest BCUT2D eigenvalue weighted by Gasteiger charge is 2.25. The van der Waals surface area contributed by atoms with E-state index in [4.69, 9.17) is 14.5 Å². The van der Waals surface area contributed by atoms with Gasteiger partial charge in [-0.2, -0.15) is 0 Å². The van der Waals surface area contributed by atoms with Crippen LogP contribution in [0, 0.1) is 5.92 Å². The highest BCUT2D eigenvalue weighted by Crippen LogP contribution is 2.16. The zero-order valence-electron chi connectivity index (χ0n) is 18.6. The monoisotopic (exact) mass is 512 g/mol. The van der Waals surface area contributed by atoms with Gasteiger partial charge in [0.2, 0.25) is 0 Å². The molecule has 7 nitrogen and oxygen atoms in total. The molecule has 28 heavy (non-hydrogen) atoms. The first-order valence-corrected chi connectivity index (χ1v) is 10.4. The molecule has 1 unspecified atom stereocenters. The van der Waals surface area contributed by atoms with Crippen molar-refractivity contribution in [2.75, 3.05) is 52.5 Å². The third kappa shape index (κ3) is 10.7. The number of halogens is 1. The molecule has 0 aromatic carbocycles. The van der Waals surface area contributed by atoms with Crippen LogP contribution in [0.1, 0.15) is 54.4 Å². The van der Waals surface area contributed by atoms with Gasteiger partial charge >= 0.3 is 6.09 Å². The number of amides is 1. The summed E-state index contributed by atoms with van der Waals surface area (Å²) >= 11 is 0. The van der Waals surface area contributed by atoms with Crippen molar-refractivity contribution >= 4 is 36.0 Å². The number of rotatable bonds is 9. The first-order valence-electron chi connectivity index (χ1n) is 10.4. The number of guanidine groups is 1. The van der Waals surface area contributed by atoms with E-state index in [1.807, 2.05) is 27.7 Å². The molecule has 0 aliphatic carbocycles. The van der Waals surface area contributed by atoms with Gasteiger partial charge in [-0.3, -0.25) is 4.99 Å². The molecule has 0 spiro atoms.